The molecule has 1 aromatic carbocycles. The van der Waals surface area contributed by atoms with Gasteiger partial charge in [0.05, 0.1) is 23.2 Å². The Bertz CT molecular complexity index is 887. The van der Waals surface area contributed by atoms with Crippen molar-refractivity contribution in [2.45, 2.75) is 13.1 Å². The van der Waals surface area contributed by atoms with Crippen molar-refractivity contribution in [3.63, 3.8) is 0 Å². The number of pyridine rings is 1. The summed E-state index contributed by atoms with van der Waals surface area (Å²) in [7, 11) is 0. The molecule has 2 atom stereocenters. The number of rotatable bonds is 3. The van der Waals surface area contributed by atoms with Crippen molar-refractivity contribution < 1.29 is 27.9 Å². The topological polar surface area (TPSA) is 82.5 Å². The number of amides is 2. The van der Waals surface area contributed by atoms with E-state index in [1.807, 2.05) is 30.3 Å². The fourth-order valence-electron chi connectivity index (χ4n) is 3.19. The Hall–Kier alpha value is -3.10. The Balaban J connectivity index is 1.79. The van der Waals surface area contributed by atoms with Gasteiger partial charge in [-0.15, -0.1) is 0 Å². The Kier molecular flexibility index (Phi) is 5.26. The number of alkyl halides is 3. The first-order chi connectivity index (χ1) is 13.2. The number of anilines is 1. The number of carboxylic acids is 1. The number of aliphatic carboxylic acids is 1. The summed E-state index contributed by atoms with van der Waals surface area (Å²) >= 11 is 0. The van der Waals surface area contributed by atoms with Crippen LogP contribution in [0.15, 0.2) is 42.6 Å². The lowest BCUT2D eigenvalue weighted by Crippen LogP contribution is -2.35. The van der Waals surface area contributed by atoms with Crippen LogP contribution in [0.25, 0.3) is 11.1 Å². The van der Waals surface area contributed by atoms with Gasteiger partial charge in [0.25, 0.3) is 0 Å². The van der Waals surface area contributed by atoms with Crippen LogP contribution < -0.4 is 5.32 Å². The summed E-state index contributed by atoms with van der Waals surface area (Å²) < 4.78 is 39.3. The zero-order valence-electron chi connectivity index (χ0n) is 14.9. The summed E-state index contributed by atoms with van der Waals surface area (Å²) in [5, 5.41) is 11.6. The first kappa shape index (κ1) is 19.7. The van der Waals surface area contributed by atoms with E-state index in [0.717, 1.165) is 16.0 Å². The van der Waals surface area contributed by atoms with Crippen molar-refractivity contribution in [1.82, 2.24) is 9.88 Å². The van der Waals surface area contributed by atoms with Gasteiger partial charge in [0.15, 0.2) is 0 Å². The molecule has 3 rings (SSSR count). The Morgan fingerprint density at radius 3 is 2.43 bits per heavy atom. The number of nitrogens with zero attached hydrogens (tertiary/aromatic N) is 2. The molecular weight excluding hydrogens is 375 g/mol. The van der Waals surface area contributed by atoms with Crippen LogP contribution >= 0.6 is 0 Å². The number of nitrogens with one attached hydrogen (secondary N) is 1. The first-order valence-corrected chi connectivity index (χ1v) is 8.54. The highest BCUT2D eigenvalue weighted by atomic mass is 19.4. The fraction of sp³-hybridized carbons (Fsp3) is 0.316. The number of aromatic nitrogens is 1. The van der Waals surface area contributed by atoms with Gasteiger partial charge in [-0.2, -0.15) is 13.2 Å². The number of carbonyl (C=O) groups excluding carboxylic acids is 1. The van der Waals surface area contributed by atoms with Crippen molar-refractivity contribution >= 4 is 17.7 Å². The highest BCUT2D eigenvalue weighted by Gasteiger charge is 2.53. The lowest BCUT2D eigenvalue weighted by Gasteiger charge is -2.19. The normalized spacial score (nSPS) is 19.5. The molecule has 2 aromatic rings. The molecule has 1 fully saturated rings. The molecule has 2 amide bonds. The molecule has 1 saturated heterocycles. The van der Waals surface area contributed by atoms with E-state index in [2.05, 4.69) is 10.3 Å². The second kappa shape index (κ2) is 7.49. The van der Waals surface area contributed by atoms with Gasteiger partial charge in [-0.3, -0.25) is 9.78 Å². The third-order valence-electron chi connectivity index (χ3n) is 4.78. The smallest absolute Gasteiger partial charge is 0.394 e. The number of carboxylic acid groups (broad SMARTS) is 1. The summed E-state index contributed by atoms with van der Waals surface area (Å²) in [5.74, 6) is -5.34. The van der Waals surface area contributed by atoms with Crippen molar-refractivity contribution in [3.8, 4) is 11.1 Å². The van der Waals surface area contributed by atoms with E-state index in [1.165, 1.54) is 0 Å². The number of benzene rings is 1. The lowest BCUT2D eigenvalue weighted by atomic mass is 9.96. The molecule has 6 nitrogen and oxygen atoms in total. The van der Waals surface area contributed by atoms with E-state index in [1.54, 1.807) is 19.2 Å². The molecule has 1 aliphatic rings. The second-order valence-corrected chi connectivity index (χ2v) is 6.65. The maximum Gasteiger partial charge on any atom is 0.394 e. The minimum atomic E-state index is -4.69. The van der Waals surface area contributed by atoms with E-state index >= 15 is 0 Å². The maximum atomic E-state index is 13.1. The first-order valence-electron chi connectivity index (χ1n) is 8.54. The minimum absolute atomic E-state index is 0.355. The minimum Gasteiger partial charge on any atom is -0.481 e. The molecule has 0 saturated carbocycles. The van der Waals surface area contributed by atoms with E-state index < -0.39 is 43.1 Å². The molecule has 1 aliphatic heterocycles. The summed E-state index contributed by atoms with van der Waals surface area (Å²) in [4.78, 5) is 28.8. The summed E-state index contributed by atoms with van der Waals surface area (Å²) in [6.07, 6.45) is -3.06. The van der Waals surface area contributed by atoms with E-state index in [9.17, 15) is 22.8 Å². The molecule has 0 radical (unpaired) electrons. The van der Waals surface area contributed by atoms with Crippen LogP contribution in [0.3, 0.4) is 0 Å². The highest BCUT2D eigenvalue weighted by molar-refractivity contribution is 5.91. The van der Waals surface area contributed by atoms with Gasteiger partial charge in [0.1, 0.15) is 0 Å². The third-order valence-corrected chi connectivity index (χ3v) is 4.78. The molecular formula is C19H18F3N3O3. The number of hydrogen-bond acceptors (Lipinski definition) is 3. The SMILES string of the molecule is Cc1ncc(-c2ccccc2)cc1NC(=O)N1C[C@@H](C(F)(F)F)[C@H](C(=O)O)C1. The number of urea groups is 1. The largest absolute Gasteiger partial charge is 0.481 e. The Morgan fingerprint density at radius 1 is 1.18 bits per heavy atom. The van der Waals surface area contributed by atoms with E-state index in [-0.39, 0.29) is 0 Å². The lowest BCUT2D eigenvalue weighted by molar-refractivity contribution is -0.187. The summed E-state index contributed by atoms with van der Waals surface area (Å²) in [5.41, 5.74) is 2.46. The van der Waals surface area contributed by atoms with Crippen LogP contribution in [0.2, 0.25) is 0 Å². The zero-order valence-corrected chi connectivity index (χ0v) is 14.9. The molecule has 0 aliphatic carbocycles. The van der Waals surface area contributed by atoms with Crippen molar-refractivity contribution in [3.05, 3.63) is 48.3 Å². The van der Waals surface area contributed by atoms with Crippen LogP contribution in [0, 0.1) is 18.8 Å². The number of hydrogen-bond donors (Lipinski definition) is 2. The second-order valence-electron chi connectivity index (χ2n) is 6.65. The third kappa shape index (κ3) is 4.08. The molecule has 1 aromatic heterocycles. The fourth-order valence-corrected chi connectivity index (χ4v) is 3.19. The van der Waals surface area contributed by atoms with Gasteiger partial charge in [-0.25, -0.2) is 4.79 Å². The molecule has 28 heavy (non-hydrogen) atoms. The Morgan fingerprint density at radius 2 is 1.86 bits per heavy atom. The van der Waals surface area contributed by atoms with Gasteiger partial charge in [0, 0.05) is 24.8 Å². The van der Waals surface area contributed by atoms with Crippen molar-refractivity contribution in [2.75, 3.05) is 18.4 Å². The van der Waals surface area contributed by atoms with Gasteiger partial charge in [0.2, 0.25) is 0 Å². The van der Waals surface area contributed by atoms with Crippen LogP contribution in [-0.4, -0.2) is 46.3 Å². The average Bonchev–Trinajstić information content (AvgIpc) is 3.11. The van der Waals surface area contributed by atoms with Crippen LogP contribution in [0.5, 0.6) is 0 Å². The number of aryl methyl sites for hydroxylation is 1. The van der Waals surface area contributed by atoms with E-state index in [0.29, 0.717) is 11.4 Å². The maximum absolute atomic E-state index is 13.1. The van der Waals surface area contributed by atoms with Crippen LogP contribution in [0.4, 0.5) is 23.7 Å². The summed E-state index contributed by atoms with van der Waals surface area (Å²) in [6.45, 7) is 0.459. The summed E-state index contributed by atoms with van der Waals surface area (Å²) in [6, 6.07) is 10.2. The van der Waals surface area contributed by atoms with Crippen LogP contribution in [-0.2, 0) is 4.79 Å². The molecule has 2 heterocycles. The number of halogens is 3. The predicted molar refractivity (Wildman–Crippen MR) is 95.7 cm³/mol. The quantitative estimate of drug-likeness (QED) is 0.831. The molecule has 0 unspecified atom stereocenters. The number of carbonyl (C=O) groups is 2. The van der Waals surface area contributed by atoms with Crippen LogP contribution in [0.1, 0.15) is 5.69 Å². The van der Waals surface area contributed by atoms with Gasteiger partial charge in [-0.1, -0.05) is 30.3 Å². The van der Waals surface area contributed by atoms with Gasteiger partial charge in [-0.05, 0) is 18.6 Å². The van der Waals surface area contributed by atoms with Gasteiger partial charge < -0.3 is 15.3 Å². The zero-order chi connectivity index (χ0) is 20.5. The predicted octanol–water partition coefficient (Wildman–Crippen LogP) is 3.78. The molecule has 0 spiro atoms. The molecule has 2 N–H and O–H groups in total. The molecule has 0 bridgehead atoms. The average molecular weight is 393 g/mol. The van der Waals surface area contributed by atoms with Gasteiger partial charge >= 0.3 is 18.2 Å². The van der Waals surface area contributed by atoms with Crippen molar-refractivity contribution in [1.29, 1.82) is 0 Å². The monoisotopic (exact) mass is 393 g/mol. The molecule has 9 heteroatoms. The molecule has 148 valence electrons. The van der Waals surface area contributed by atoms with E-state index in [4.69, 9.17) is 5.11 Å². The highest BCUT2D eigenvalue weighted by Crippen LogP contribution is 2.38. The Labute approximate surface area is 159 Å². The standard InChI is InChI=1S/C19H18F3N3O3/c1-11-16(7-13(8-23-11)12-5-3-2-4-6-12)24-18(28)25-9-14(17(26)27)15(10-25)19(20,21)22/h2-8,14-15H,9-10H2,1H3,(H,24,28)(H,26,27)/t14-,15-/m1/s1. The van der Waals surface area contributed by atoms with Crippen molar-refractivity contribution in [2.24, 2.45) is 11.8 Å². The number of likely N-dealkylation sites (tertiary alicyclic amines) is 1.